The van der Waals surface area contributed by atoms with Gasteiger partial charge in [-0.05, 0) is 12.3 Å². The number of aliphatic hydroxyl groups is 1. The van der Waals surface area contributed by atoms with Gasteiger partial charge in [-0.1, -0.05) is 6.92 Å². The standard InChI is InChI=1S/C6H12O2/c1-5-2-3-8-6(5)4-7/h5-7H,2-4H2,1H3/t5?,6-/m0/s1. The fourth-order valence-electron chi connectivity index (χ4n) is 0.988. The molecule has 0 aromatic carbocycles. The number of rotatable bonds is 1. The van der Waals surface area contributed by atoms with Gasteiger partial charge in [-0.15, -0.1) is 0 Å². The second-order valence-electron chi connectivity index (χ2n) is 2.36. The Morgan fingerprint density at radius 1 is 1.75 bits per heavy atom. The van der Waals surface area contributed by atoms with E-state index in [4.69, 9.17) is 9.84 Å². The molecular formula is C6H12O2. The van der Waals surface area contributed by atoms with Crippen LogP contribution < -0.4 is 0 Å². The predicted octanol–water partition coefficient (Wildman–Crippen LogP) is 0.404. The van der Waals surface area contributed by atoms with Crippen LogP contribution in [0.15, 0.2) is 0 Å². The van der Waals surface area contributed by atoms with Crippen LogP contribution in [0.2, 0.25) is 0 Å². The first kappa shape index (κ1) is 6.05. The quantitative estimate of drug-likeness (QED) is 0.537. The first-order valence-electron chi connectivity index (χ1n) is 3.07. The van der Waals surface area contributed by atoms with E-state index in [0.29, 0.717) is 5.92 Å². The van der Waals surface area contributed by atoms with Crippen LogP contribution in [0.1, 0.15) is 13.3 Å². The van der Waals surface area contributed by atoms with Crippen molar-refractivity contribution in [3.8, 4) is 0 Å². The van der Waals surface area contributed by atoms with Crippen molar-refractivity contribution in [2.24, 2.45) is 5.92 Å². The Bertz CT molecular complexity index is 72.9. The molecule has 1 saturated heterocycles. The SMILES string of the molecule is CC1CCO[C@H]1CO. The molecule has 1 aliphatic heterocycles. The molecule has 0 aromatic rings. The summed E-state index contributed by atoms with van der Waals surface area (Å²) in [4.78, 5) is 0. The molecule has 0 bridgehead atoms. The van der Waals surface area contributed by atoms with Gasteiger partial charge in [0.25, 0.3) is 0 Å². The molecule has 2 atom stereocenters. The summed E-state index contributed by atoms with van der Waals surface area (Å²) in [6.45, 7) is 3.11. The molecule has 1 rings (SSSR count). The van der Waals surface area contributed by atoms with Crippen LogP contribution in [0, 0.1) is 5.92 Å². The zero-order valence-corrected chi connectivity index (χ0v) is 5.13. The van der Waals surface area contributed by atoms with E-state index in [1.807, 2.05) is 0 Å². The molecule has 0 saturated carbocycles. The van der Waals surface area contributed by atoms with Crippen LogP contribution in [0.25, 0.3) is 0 Å². The van der Waals surface area contributed by atoms with Gasteiger partial charge in [-0.2, -0.15) is 0 Å². The molecule has 8 heavy (non-hydrogen) atoms. The van der Waals surface area contributed by atoms with Gasteiger partial charge in [0.05, 0.1) is 12.7 Å². The van der Waals surface area contributed by atoms with Crippen molar-refractivity contribution in [1.29, 1.82) is 0 Å². The molecule has 48 valence electrons. The molecule has 0 radical (unpaired) electrons. The van der Waals surface area contributed by atoms with Crippen LogP contribution in [-0.4, -0.2) is 24.4 Å². The maximum atomic E-state index is 8.61. The van der Waals surface area contributed by atoms with Crippen molar-refractivity contribution in [3.63, 3.8) is 0 Å². The first-order valence-corrected chi connectivity index (χ1v) is 3.07. The minimum Gasteiger partial charge on any atom is -0.394 e. The molecule has 1 heterocycles. The third-order valence-electron chi connectivity index (χ3n) is 1.72. The Morgan fingerprint density at radius 2 is 2.50 bits per heavy atom. The van der Waals surface area contributed by atoms with Gasteiger partial charge < -0.3 is 9.84 Å². The van der Waals surface area contributed by atoms with E-state index in [2.05, 4.69) is 6.92 Å². The van der Waals surface area contributed by atoms with Crippen LogP contribution in [-0.2, 0) is 4.74 Å². The summed E-state index contributed by atoms with van der Waals surface area (Å²) < 4.78 is 5.16. The number of aliphatic hydroxyl groups excluding tert-OH is 1. The van der Waals surface area contributed by atoms with Crippen molar-refractivity contribution in [2.45, 2.75) is 19.4 Å². The van der Waals surface area contributed by atoms with Crippen molar-refractivity contribution < 1.29 is 9.84 Å². The topological polar surface area (TPSA) is 29.5 Å². The normalized spacial score (nSPS) is 38.2. The third kappa shape index (κ3) is 1.01. The lowest BCUT2D eigenvalue weighted by Gasteiger charge is -2.08. The average molecular weight is 116 g/mol. The van der Waals surface area contributed by atoms with Gasteiger partial charge in [0.2, 0.25) is 0 Å². The Kier molecular flexibility index (Phi) is 1.86. The van der Waals surface area contributed by atoms with Crippen LogP contribution in [0.5, 0.6) is 0 Å². The zero-order chi connectivity index (χ0) is 5.98. The van der Waals surface area contributed by atoms with Crippen molar-refractivity contribution in [2.75, 3.05) is 13.2 Å². The number of ether oxygens (including phenoxy) is 1. The Morgan fingerprint density at radius 3 is 2.75 bits per heavy atom. The molecule has 1 fully saturated rings. The molecule has 1 aliphatic rings. The smallest absolute Gasteiger partial charge is 0.0832 e. The molecule has 0 aliphatic carbocycles. The Labute approximate surface area is 49.5 Å². The highest BCUT2D eigenvalue weighted by Crippen LogP contribution is 2.18. The van der Waals surface area contributed by atoms with E-state index in [0.717, 1.165) is 13.0 Å². The second kappa shape index (κ2) is 2.46. The van der Waals surface area contributed by atoms with Gasteiger partial charge in [-0.3, -0.25) is 0 Å². The highest BCUT2D eigenvalue weighted by molar-refractivity contribution is 4.70. The maximum Gasteiger partial charge on any atom is 0.0832 e. The molecule has 2 heteroatoms. The lowest BCUT2D eigenvalue weighted by Crippen LogP contribution is -2.17. The zero-order valence-electron chi connectivity index (χ0n) is 5.13. The molecular weight excluding hydrogens is 104 g/mol. The molecule has 1 N–H and O–H groups in total. The van der Waals surface area contributed by atoms with E-state index in [-0.39, 0.29) is 12.7 Å². The lowest BCUT2D eigenvalue weighted by atomic mass is 10.1. The minimum absolute atomic E-state index is 0.120. The van der Waals surface area contributed by atoms with E-state index in [1.165, 1.54) is 0 Å². The minimum atomic E-state index is 0.120. The summed E-state index contributed by atoms with van der Waals surface area (Å²) >= 11 is 0. The Balaban J connectivity index is 2.30. The lowest BCUT2D eigenvalue weighted by molar-refractivity contribution is 0.0431. The highest BCUT2D eigenvalue weighted by Gasteiger charge is 2.22. The van der Waals surface area contributed by atoms with E-state index < -0.39 is 0 Å². The number of hydrogen-bond acceptors (Lipinski definition) is 2. The molecule has 0 spiro atoms. The van der Waals surface area contributed by atoms with Crippen LogP contribution in [0.4, 0.5) is 0 Å². The highest BCUT2D eigenvalue weighted by atomic mass is 16.5. The van der Waals surface area contributed by atoms with Gasteiger partial charge in [0, 0.05) is 6.61 Å². The first-order chi connectivity index (χ1) is 3.84. The fourth-order valence-corrected chi connectivity index (χ4v) is 0.988. The molecule has 0 aromatic heterocycles. The third-order valence-corrected chi connectivity index (χ3v) is 1.72. The molecule has 0 amide bonds. The summed E-state index contributed by atoms with van der Waals surface area (Å²) in [6, 6.07) is 0. The van der Waals surface area contributed by atoms with E-state index in [9.17, 15) is 0 Å². The molecule has 1 unspecified atom stereocenters. The second-order valence-corrected chi connectivity index (χ2v) is 2.36. The van der Waals surface area contributed by atoms with Crippen molar-refractivity contribution in [1.82, 2.24) is 0 Å². The largest absolute Gasteiger partial charge is 0.394 e. The summed E-state index contributed by atoms with van der Waals surface area (Å²) in [7, 11) is 0. The molecule has 2 nitrogen and oxygen atoms in total. The maximum absolute atomic E-state index is 8.61. The summed E-state index contributed by atoms with van der Waals surface area (Å²) in [5.74, 6) is 0.556. The number of hydrogen-bond donors (Lipinski definition) is 1. The fraction of sp³-hybridized carbons (Fsp3) is 1.00. The predicted molar refractivity (Wildman–Crippen MR) is 30.6 cm³/mol. The van der Waals surface area contributed by atoms with E-state index in [1.54, 1.807) is 0 Å². The van der Waals surface area contributed by atoms with Crippen LogP contribution >= 0.6 is 0 Å². The summed E-state index contributed by atoms with van der Waals surface area (Å²) in [6.07, 6.45) is 1.22. The average Bonchev–Trinajstić information content (AvgIpc) is 2.14. The monoisotopic (exact) mass is 116 g/mol. The summed E-state index contributed by atoms with van der Waals surface area (Å²) in [5, 5.41) is 8.61. The Hall–Kier alpha value is -0.0800. The van der Waals surface area contributed by atoms with Crippen molar-refractivity contribution in [3.05, 3.63) is 0 Å². The summed E-state index contributed by atoms with van der Waals surface area (Å²) in [5.41, 5.74) is 0. The van der Waals surface area contributed by atoms with Gasteiger partial charge in [0.15, 0.2) is 0 Å². The van der Waals surface area contributed by atoms with Gasteiger partial charge in [0.1, 0.15) is 0 Å². The van der Waals surface area contributed by atoms with Crippen LogP contribution in [0.3, 0.4) is 0 Å². The van der Waals surface area contributed by atoms with Gasteiger partial charge in [-0.25, -0.2) is 0 Å². The van der Waals surface area contributed by atoms with Gasteiger partial charge >= 0.3 is 0 Å². The van der Waals surface area contributed by atoms with Crippen molar-refractivity contribution >= 4 is 0 Å². The van der Waals surface area contributed by atoms with E-state index >= 15 is 0 Å².